The topological polar surface area (TPSA) is 76.0 Å². The lowest BCUT2D eigenvalue weighted by atomic mass is 9.83. The molecule has 0 bridgehead atoms. The van der Waals surface area contributed by atoms with Crippen molar-refractivity contribution >= 4 is 5.97 Å². The van der Waals surface area contributed by atoms with Crippen LogP contribution in [0.2, 0.25) is 0 Å². The van der Waals surface area contributed by atoms with Gasteiger partial charge in [0.05, 0.1) is 25.0 Å². The fourth-order valence-corrected chi connectivity index (χ4v) is 2.69. The quantitative estimate of drug-likeness (QED) is 0.619. The molecule has 1 unspecified atom stereocenters. The van der Waals surface area contributed by atoms with Gasteiger partial charge in [0.2, 0.25) is 0 Å². The molecule has 1 heterocycles. The summed E-state index contributed by atoms with van der Waals surface area (Å²) < 4.78 is 9.68. The van der Waals surface area contributed by atoms with Crippen LogP contribution in [-0.4, -0.2) is 35.7 Å². The fraction of sp³-hybridized carbons (Fsp3) is 0.727. The second-order valence-electron chi connectivity index (χ2n) is 4.44. The Labute approximate surface area is 93.7 Å². The van der Waals surface area contributed by atoms with Crippen molar-refractivity contribution in [1.82, 2.24) is 0 Å². The van der Waals surface area contributed by atoms with Gasteiger partial charge in [-0.25, -0.2) is 4.79 Å². The van der Waals surface area contributed by atoms with Crippen molar-refractivity contribution < 1.29 is 24.5 Å². The zero-order valence-corrected chi connectivity index (χ0v) is 9.29. The Hall–Kier alpha value is -1.07. The Morgan fingerprint density at radius 1 is 1.56 bits per heavy atom. The lowest BCUT2D eigenvalue weighted by Gasteiger charge is -2.31. The highest BCUT2D eigenvalue weighted by atomic mass is 16.6. The molecule has 1 aliphatic heterocycles. The largest absolute Gasteiger partial charge is 0.472 e. The predicted molar refractivity (Wildman–Crippen MR) is 54.0 cm³/mol. The number of esters is 1. The molecule has 5 atom stereocenters. The van der Waals surface area contributed by atoms with Crippen molar-refractivity contribution in [3.8, 4) is 0 Å². The molecule has 5 nitrogen and oxygen atoms in total. The molecule has 1 fully saturated rings. The number of aliphatic hydroxyl groups excluding tert-OH is 2. The van der Waals surface area contributed by atoms with Gasteiger partial charge in [-0.05, 0) is 12.3 Å². The van der Waals surface area contributed by atoms with Gasteiger partial charge in [-0.1, -0.05) is 6.92 Å². The van der Waals surface area contributed by atoms with E-state index in [1.165, 1.54) is 13.4 Å². The molecule has 0 aromatic heterocycles. The number of hydrogen-bond acceptors (Lipinski definition) is 5. The average molecular weight is 228 g/mol. The van der Waals surface area contributed by atoms with Crippen LogP contribution >= 0.6 is 0 Å². The van der Waals surface area contributed by atoms with Gasteiger partial charge in [0.1, 0.15) is 0 Å². The van der Waals surface area contributed by atoms with Gasteiger partial charge in [0, 0.05) is 11.8 Å². The van der Waals surface area contributed by atoms with Crippen LogP contribution in [0.25, 0.3) is 0 Å². The van der Waals surface area contributed by atoms with E-state index < -0.39 is 18.4 Å². The molecule has 0 aromatic rings. The molecule has 0 spiro atoms. The summed E-state index contributed by atoms with van der Waals surface area (Å²) in [7, 11) is 1.30. The van der Waals surface area contributed by atoms with Gasteiger partial charge in [-0.15, -0.1) is 0 Å². The molecule has 5 heteroatoms. The maximum Gasteiger partial charge on any atom is 0.337 e. The second-order valence-corrected chi connectivity index (χ2v) is 4.44. The molecule has 16 heavy (non-hydrogen) atoms. The van der Waals surface area contributed by atoms with Crippen molar-refractivity contribution in [2.45, 2.75) is 25.7 Å². The van der Waals surface area contributed by atoms with Gasteiger partial charge >= 0.3 is 5.97 Å². The van der Waals surface area contributed by atoms with E-state index in [4.69, 9.17) is 4.74 Å². The molecular formula is C11H16O5. The van der Waals surface area contributed by atoms with E-state index in [2.05, 4.69) is 4.74 Å². The minimum Gasteiger partial charge on any atom is -0.472 e. The van der Waals surface area contributed by atoms with Gasteiger partial charge in [0.15, 0.2) is 6.29 Å². The summed E-state index contributed by atoms with van der Waals surface area (Å²) in [5.74, 6) is -0.966. The molecule has 2 aliphatic rings. The Bertz CT molecular complexity index is 324. The maximum absolute atomic E-state index is 11.5. The van der Waals surface area contributed by atoms with Gasteiger partial charge in [-0.2, -0.15) is 0 Å². The minimum absolute atomic E-state index is 0.0895. The number of carbonyl (C=O) groups excluding carboxylic acids is 1. The van der Waals surface area contributed by atoms with E-state index in [0.29, 0.717) is 12.0 Å². The number of carbonyl (C=O) groups is 1. The van der Waals surface area contributed by atoms with Crippen LogP contribution in [0.1, 0.15) is 13.3 Å². The first-order chi connectivity index (χ1) is 7.56. The molecule has 0 radical (unpaired) electrons. The van der Waals surface area contributed by atoms with E-state index in [0.717, 1.165) is 0 Å². The molecule has 2 N–H and O–H groups in total. The lowest BCUT2D eigenvalue weighted by Crippen LogP contribution is -2.36. The predicted octanol–water partition coefficient (Wildman–Crippen LogP) is 0.0250. The summed E-state index contributed by atoms with van der Waals surface area (Å²) in [6, 6.07) is 0. The number of rotatable bonds is 1. The van der Waals surface area contributed by atoms with Gasteiger partial charge in [-0.3, -0.25) is 0 Å². The van der Waals surface area contributed by atoms with Crippen LogP contribution in [0, 0.1) is 17.8 Å². The van der Waals surface area contributed by atoms with Crippen molar-refractivity contribution in [3.63, 3.8) is 0 Å². The maximum atomic E-state index is 11.5. The number of ether oxygens (including phenoxy) is 2. The SMILES string of the molecule is COC(=O)C1=CO[C@@H](O)C2[C@@H]1C[C@H](O)[C@@H]2C. The number of aliphatic hydroxyl groups is 2. The molecule has 0 amide bonds. The lowest BCUT2D eigenvalue weighted by molar-refractivity contribution is -0.145. The monoisotopic (exact) mass is 228 g/mol. The third kappa shape index (κ3) is 1.60. The van der Waals surface area contributed by atoms with Gasteiger partial charge in [0.25, 0.3) is 0 Å². The van der Waals surface area contributed by atoms with Crippen LogP contribution in [0.4, 0.5) is 0 Å². The van der Waals surface area contributed by atoms with Crippen molar-refractivity contribution in [1.29, 1.82) is 0 Å². The van der Waals surface area contributed by atoms with Crippen LogP contribution in [0.5, 0.6) is 0 Å². The van der Waals surface area contributed by atoms with E-state index >= 15 is 0 Å². The smallest absolute Gasteiger partial charge is 0.337 e. The van der Waals surface area contributed by atoms with Crippen LogP contribution < -0.4 is 0 Å². The molecule has 1 saturated carbocycles. The highest BCUT2D eigenvalue weighted by molar-refractivity contribution is 5.89. The molecule has 0 saturated heterocycles. The summed E-state index contributed by atoms with van der Waals surface area (Å²) in [4.78, 5) is 11.5. The summed E-state index contributed by atoms with van der Waals surface area (Å²) in [6.07, 6.45) is 0.250. The van der Waals surface area contributed by atoms with Crippen LogP contribution in [-0.2, 0) is 14.3 Å². The standard InChI is InChI=1S/C11H16O5/c1-5-8(12)3-6-7(10(13)15-2)4-16-11(14)9(5)6/h4-6,8-9,11-12,14H,3H2,1-2H3/t5-,6+,8-,9?,11+/m0/s1. The van der Waals surface area contributed by atoms with Crippen molar-refractivity contribution in [2.75, 3.05) is 7.11 Å². The zero-order chi connectivity index (χ0) is 11.9. The van der Waals surface area contributed by atoms with Crippen LogP contribution in [0.3, 0.4) is 0 Å². The first-order valence-corrected chi connectivity index (χ1v) is 5.36. The first-order valence-electron chi connectivity index (χ1n) is 5.36. The highest BCUT2D eigenvalue weighted by Gasteiger charge is 2.49. The fourth-order valence-electron chi connectivity index (χ4n) is 2.69. The van der Waals surface area contributed by atoms with E-state index in [9.17, 15) is 15.0 Å². The number of methoxy groups -OCH3 is 1. The molecule has 0 aromatic carbocycles. The van der Waals surface area contributed by atoms with E-state index in [-0.39, 0.29) is 17.8 Å². The van der Waals surface area contributed by atoms with E-state index in [1.807, 2.05) is 6.92 Å². The third-order valence-corrected chi connectivity index (χ3v) is 3.66. The number of fused-ring (bicyclic) bond motifs is 1. The Morgan fingerprint density at radius 2 is 2.25 bits per heavy atom. The Balaban J connectivity index is 2.28. The first kappa shape index (κ1) is 11.4. The summed E-state index contributed by atoms with van der Waals surface area (Å²) >= 11 is 0. The Morgan fingerprint density at radius 3 is 2.88 bits per heavy atom. The highest BCUT2D eigenvalue weighted by Crippen LogP contribution is 2.45. The molecule has 1 aliphatic carbocycles. The second kappa shape index (κ2) is 4.07. The van der Waals surface area contributed by atoms with Crippen LogP contribution in [0.15, 0.2) is 11.8 Å². The normalized spacial score (nSPS) is 42.0. The summed E-state index contributed by atoms with van der Waals surface area (Å²) in [5.41, 5.74) is 0.404. The van der Waals surface area contributed by atoms with Crippen molar-refractivity contribution in [3.05, 3.63) is 11.8 Å². The molecule has 90 valence electrons. The minimum atomic E-state index is -0.953. The average Bonchev–Trinajstić information content (AvgIpc) is 2.56. The summed E-state index contributed by atoms with van der Waals surface area (Å²) in [5, 5.41) is 19.5. The molecule has 2 rings (SSSR count). The zero-order valence-electron chi connectivity index (χ0n) is 9.29. The van der Waals surface area contributed by atoms with E-state index in [1.54, 1.807) is 0 Å². The van der Waals surface area contributed by atoms with Crippen molar-refractivity contribution in [2.24, 2.45) is 17.8 Å². The van der Waals surface area contributed by atoms with Gasteiger partial charge < -0.3 is 19.7 Å². The third-order valence-electron chi connectivity index (χ3n) is 3.66. The Kier molecular flexibility index (Phi) is 2.90. The molecular weight excluding hydrogens is 212 g/mol. The summed E-state index contributed by atoms with van der Waals surface area (Å²) in [6.45, 7) is 1.85. The number of hydrogen-bond donors (Lipinski definition) is 2.